The summed E-state index contributed by atoms with van der Waals surface area (Å²) in [5.74, 6) is 0.454. The number of aryl methyl sites for hydroxylation is 1. The van der Waals surface area contributed by atoms with Gasteiger partial charge in [0.05, 0.1) is 12.7 Å². The van der Waals surface area contributed by atoms with Crippen LogP contribution in [-0.4, -0.2) is 35.1 Å². The molecular weight excluding hydrogens is 400 g/mol. The Morgan fingerprint density at radius 2 is 2.03 bits per heavy atom. The Morgan fingerprint density at radius 1 is 1.22 bits per heavy atom. The van der Waals surface area contributed by atoms with Gasteiger partial charge >= 0.3 is 5.97 Å². The van der Waals surface area contributed by atoms with Crippen molar-refractivity contribution < 1.29 is 14.6 Å². The number of hydrogen-bond donors (Lipinski definition) is 1. The second-order valence-corrected chi connectivity index (χ2v) is 8.84. The zero-order valence-electron chi connectivity index (χ0n) is 19.1. The highest BCUT2D eigenvalue weighted by Gasteiger charge is 2.28. The second kappa shape index (κ2) is 9.13. The molecule has 0 bridgehead atoms. The molecule has 1 aliphatic heterocycles. The molecule has 5 heteroatoms. The van der Waals surface area contributed by atoms with Crippen LogP contribution in [0.15, 0.2) is 54.9 Å². The number of carbonyl (C=O) groups is 1. The lowest BCUT2D eigenvalue weighted by molar-refractivity contribution is 0.0695. The third kappa shape index (κ3) is 4.26. The van der Waals surface area contributed by atoms with E-state index >= 15 is 0 Å². The van der Waals surface area contributed by atoms with Gasteiger partial charge in [-0.1, -0.05) is 38.1 Å². The fourth-order valence-electron chi connectivity index (χ4n) is 4.66. The highest BCUT2D eigenvalue weighted by Crippen LogP contribution is 2.40. The van der Waals surface area contributed by atoms with Crippen molar-refractivity contribution in [3.63, 3.8) is 0 Å². The third-order valence-corrected chi connectivity index (χ3v) is 6.48. The Balaban J connectivity index is 1.59. The maximum atomic E-state index is 11.5. The van der Waals surface area contributed by atoms with Gasteiger partial charge in [0.15, 0.2) is 0 Å². The predicted octanol–water partition coefficient (Wildman–Crippen LogP) is 5.70. The van der Waals surface area contributed by atoms with Crippen LogP contribution < -0.4 is 4.74 Å². The molecule has 166 valence electrons. The fraction of sp³-hybridized carbons (Fsp3) is 0.333. The normalized spacial score (nSPS) is 15.7. The average Bonchev–Trinajstić information content (AvgIpc) is 3.11. The molecule has 1 atom stereocenters. The van der Waals surface area contributed by atoms with Gasteiger partial charge in [-0.2, -0.15) is 0 Å². The number of ether oxygens (including phenoxy) is 1. The molecule has 0 amide bonds. The van der Waals surface area contributed by atoms with Gasteiger partial charge in [0, 0.05) is 30.5 Å². The lowest BCUT2D eigenvalue weighted by atomic mass is 9.93. The number of hydrogen-bond acceptors (Lipinski definition) is 4. The summed E-state index contributed by atoms with van der Waals surface area (Å²) in [5.41, 5.74) is 7.28. The highest BCUT2D eigenvalue weighted by molar-refractivity contribution is 5.89. The van der Waals surface area contributed by atoms with Crippen LogP contribution in [0.4, 0.5) is 0 Å². The number of aromatic carboxylic acids is 1. The van der Waals surface area contributed by atoms with Crippen LogP contribution in [-0.2, 0) is 13.0 Å². The van der Waals surface area contributed by atoms with Crippen LogP contribution in [0.1, 0.15) is 64.8 Å². The Hall–Kier alpha value is -3.18. The van der Waals surface area contributed by atoms with Gasteiger partial charge in [-0.15, -0.1) is 0 Å². The number of aromatic nitrogens is 1. The molecular formula is C27H30N2O3. The second-order valence-electron chi connectivity index (χ2n) is 8.84. The number of rotatable bonds is 7. The Kier molecular flexibility index (Phi) is 6.28. The van der Waals surface area contributed by atoms with E-state index in [0.29, 0.717) is 17.9 Å². The molecule has 0 aliphatic carbocycles. The third-order valence-electron chi connectivity index (χ3n) is 6.48. The number of carboxylic acid groups (broad SMARTS) is 1. The Bertz CT molecular complexity index is 1140. The van der Waals surface area contributed by atoms with Gasteiger partial charge in [-0.3, -0.25) is 9.88 Å². The summed E-state index contributed by atoms with van der Waals surface area (Å²) in [7, 11) is 3.85. The van der Waals surface area contributed by atoms with Gasteiger partial charge in [0.1, 0.15) is 5.75 Å². The summed E-state index contributed by atoms with van der Waals surface area (Å²) in [4.78, 5) is 18.0. The molecule has 3 aromatic rings. The van der Waals surface area contributed by atoms with Crippen molar-refractivity contribution in [2.45, 2.75) is 45.2 Å². The fourth-order valence-corrected chi connectivity index (χ4v) is 4.66. The predicted molar refractivity (Wildman–Crippen MR) is 126 cm³/mol. The van der Waals surface area contributed by atoms with Crippen LogP contribution >= 0.6 is 0 Å². The van der Waals surface area contributed by atoms with E-state index in [9.17, 15) is 9.90 Å². The van der Waals surface area contributed by atoms with Gasteiger partial charge < -0.3 is 9.84 Å². The average molecular weight is 431 g/mol. The molecule has 2 heterocycles. The molecule has 2 aromatic carbocycles. The molecule has 4 rings (SSSR count). The smallest absolute Gasteiger partial charge is 0.336 e. The minimum absolute atomic E-state index is 0.256. The maximum absolute atomic E-state index is 11.5. The minimum Gasteiger partial charge on any atom is -0.496 e. The largest absolute Gasteiger partial charge is 0.496 e. The number of carboxylic acids is 1. The number of nitrogens with zero attached hydrogens (tertiary/aromatic N) is 2. The molecule has 0 saturated carbocycles. The number of methoxy groups -OCH3 is 1. The molecule has 5 nitrogen and oxygen atoms in total. The summed E-state index contributed by atoms with van der Waals surface area (Å²) in [6.45, 7) is 5.24. The highest BCUT2D eigenvalue weighted by atomic mass is 16.5. The molecule has 0 fully saturated rings. The molecule has 0 saturated heterocycles. The maximum Gasteiger partial charge on any atom is 0.336 e. The van der Waals surface area contributed by atoms with Gasteiger partial charge in [0.25, 0.3) is 0 Å². The molecule has 0 spiro atoms. The van der Waals surface area contributed by atoms with Crippen molar-refractivity contribution in [2.75, 3.05) is 14.2 Å². The molecule has 32 heavy (non-hydrogen) atoms. The molecule has 0 radical (unpaired) electrons. The first-order valence-corrected chi connectivity index (χ1v) is 11.1. The summed E-state index contributed by atoms with van der Waals surface area (Å²) in [5, 5.41) is 9.45. The Labute approximate surface area is 189 Å². The van der Waals surface area contributed by atoms with E-state index in [2.05, 4.69) is 67.2 Å². The van der Waals surface area contributed by atoms with Crippen molar-refractivity contribution in [1.29, 1.82) is 0 Å². The zero-order chi connectivity index (χ0) is 22.8. The first-order chi connectivity index (χ1) is 15.4. The first kappa shape index (κ1) is 22.0. The standard InChI is InChI=1S/C27H30N2O3/c1-17(2)18-5-9-23(26(14-18)32-4)19-6-8-22-21(13-19)16-29(3)25(22)10-7-20-15-28-12-11-24(20)27(30)31/h5-6,8-9,11-15,17,25H,7,10,16H2,1-4H3,(H,30,31)/t25-/m1/s1. The lowest BCUT2D eigenvalue weighted by Gasteiger charge is -2.20. The minimum atomic E-state index is -0.898. The summed E-state index contributed by atoms with van der Waals surface area (Å²) < 4.78 is 5.71. The number of pyridine rings is 1. The van der Waals surface area contributed by atoms with E-state index in [4.69, 9.17) is 4.74 Å². The van der Waals surface area contributed by atoms with Crippen molar-refractivity contribution in [1.82, 2.24) is 9.88 Å². The van der Waals surface area contributed by atoms with Crippen molar-refractivity contribution in [2.24, 2.45) is 0 Å². The summed E-state index contributed by atoms with van der Waals surface area (Å²) >= 11 is 0. The van der Waals surface area contributed by atoms with Gasteiger partial charge in [-0.25, -0.2) is 4.79 Å². The van der Waals surface area contributed by atoms with Crippen LogP contribution in [0.5, 0.6) is 5.75 Å². The molecule has 1 aromatic heterocycles. The van der Waals surface area contributed by atoms with Crippen molar-refractivity contribution in [3.05, 3.63) is 82.7 Å². The van der Waals surface area contributed by atoms with Crippen LogP contribution in [0.3, 0.4) is 0 Å². The monoisotopic (exact) mass is 430 g/mol. The van der Waals surface area contributed by atoms with Crippen LogP contribution in [0, 0.1) is 0 Å². The van der Waals surface area contributed by atoms with E-state index in [1.165, 1.54) is 22.9 Å². The van der Waals surface area contributed by atoms with Crippen molar-refractivity contribution in [3.8, 4) is 16.9 Å². The SMILES string of the molecule is COc1cc(C(C)C)ccc1-c1ccc2c(c1)CN(C)[C@@H]2CCc1cnccc1C(=O)O. The van der Waals surface area contributed by atoms with Crippen LogP contribution in [0.2, 0.25) is 0 Å². The van der Waals surface area contributed by atoms with E-state index in [-0.39, 0.29) is 6.04 Å². The van der Waals surface area contributed by atoms with E-state index in [1.807, 2.05) is 0 Å². The number of benzene rings is 2. The van der Waals surface area contributed by atoms with Gasteiger partial charge in [-0.05, 0) is 71.8 Å². The lowest BCUT2D eigenvalue weighted by Crippen LogP contribution is -2.17. The van der Waals surface area contributed by atoms with E-state index in [0.717, 1.165) is 35.4 Å². The van der Waals surface area contributed by atoms with Crippen molar-refractivity contribution >= 4 is 5.97 Å². The quantitative estimate of drug-likeness (QED) is 0.521. The molecule has 1 aliphatic rings. The van der Waals surface area contributed by atoms with E-state index in [1.54, 1.807) is 19.4 Å². The van der Waals surface area contributed by atoms with Crippen LogP contribution in [0.25, 0.3) is 11.1 Å². The first-order valence-electron chi connectivity index (χ1n) is 11.1. The van der Waals surface area contributed by atoms with Gasteiger partial charge in [0.2, 0.25) is 0 Å². The Morgan fingerprint density at radius 3 is 2.75 bits per heavy atom. The summed E-state index contributed by atoms with van der Waals surface area (Å²) in [6.07, 6.45) is 4.74. The molecule has 0 unspecified atom stereocenters. The summed E-state index contributed by atoms with van der Waals surface area (Å²) in [6, 6.07) is 15.0. The van der Waals surface area contributed by atoms with E-state index < -0.39 is 5.97 Å². The zero-order valence-corrected chi connectivity index (χ0v) is 19.1. The topological polar surface area (TPSA) is 62.7 Å². The molecule has 1 N–H and O–H groups in total. The number of fused-ring (bicyclic) bond motifs is 1.